The molecule has 0 aliphatic heterocycles. The molecule has 1 aromatic rings. The van der Waals surface area contributed by atoms with Crippen molar-refractivity contribution in [2.75, 3.05) is 0 Å². The summed E-state index contributed by atoms with van der Waals surface area (Å²) >= 11 is 2.27. The van der Waals surface area contributed by atoms with Crippen molar-refractivity contribution in [1.82, 2.24) is 5.32 Å². The number of benzene rings is 1. The molecule has 3 N–H and O–H groups in total. The molecular formula is C16H23IN2O. The summed E-state index contributed by atoms with van der Waals surface area (Å²) in [5, 5.41) is 3.53. The third-order valence-electron chi connectivity index (χ3n) is 4.26. The fourth-order valence-corrected chi connectivity index (χ4v) is 3.27. The molecule has 1 saturated carbocycles. The molecule has 1 aliphatic carbocycles. The highest BCUT2D eigenvalue weighted by molar-refractivity contribution is 14.1. The van der Waals surface area contributed by atoms with Gasteiger partial charge in [-0.1, -0.05) is 37.8 Å². The summed E-state index contributed by atoms with van der Waals surface area (Å²) < 4.78 is 1.16. The van der Waals surface area contributed by atoms with Crippen molar-refractivity contribution in [3.63, 3.8) is 0 Å². The van der Waals surface area contributed by atoms with Gasteiger partial charge in [0.1, 0.15) is 5.54 Å². The van der Waals surface area contributed by atoms with E-state index in [-0.39, 0.29) is 5.91 Å². The Morgan fingerprint density at radius 3 is 2.25 bits per heavy atom. The van der Waals surface area contributed by atoms with Crippen LogP contribution in [0.2, 0.25) is 0 Å². The number of rotatable bonds is 4. The normalized spacial score (nSPS) is 20.1. The van der Waals surface area contributed by atoms with Crippen molar-refractivity contribution in [3.8, 4) is 0 Å². The Morgan fingerprint density at radius 2 is 1.75 bits per heavy atom. The monoisotopic (exact) mass is 386 g/mol. The average molecular weight is 386 g/mol. The van der Waals surface area contributed by atoms with Crippen molar-refractivity contribution in [2.24, 2.45) is 5.73 Å². The quantitative estimate of drug-likeness (QED) is 0.616. The molecule has 0 radical (unpaired) electrons. The number of hydrogen-bond acceptors (Lipinski definition) is 2. The van der Waals surface area contributed by atoms with E-state index in [2.05, 4.69) is 27.9 Å². The van der Waals surface area contributed by atoms with Gasteiger partial charge in [0.15, 0.2) is 0 Å². The van der Waals surface area contributed by atoms with Crippen LogP contribution in [0.1, 0.15) is 51.0 Å². The van der Waals surface area contributed by atoms with E-state index >= 15 is 0 Å². The van der Waals surface area contributed by atoms with E-state index in [4.69, 9.17) is 5.73 Å². The van der Waals surface area contributed by atoms with Gasteiger partial charge in [-0.15, -0.1) is 0 Å². The minimum atomic E-state index is -0.778. The molecule has 20 heavy (non-hydrogen) atoms. The Kier molecular flexibility index (Phi) is 5.43. The summed E-state index contributed by atoms with van der Waals surface area (Å²) in [5.74, 6) is -0.303. The Hall–Kier alpha value is -0.620. The summed E-state index contributed by atoms with van der Waals surface area (Å²) in [6, 6.07) is 8.42. The third kappa shape index (κ3) is 3.73. The molecule has 1 amide bonds. The minimum absolute atomic E-state index is 0.303. The van der Waals surface area contributed by atoms with Gasteiger partial charge in [-0.25, -0.2) is 0 Å². The zero-order valence-electron chi connectivity index (χ0n) is 12.0. The van der Waals surface area contributed by atoms with Crippen molar-refractivity contribution in [2.45, 2.75) is 57.0 Å². The summed E-state index contributed by atoms with van der Waals surface area (Å²) in [4.78, 5) is 12.0. The van der Waals surface area contributed by atoms with Gasteiger partial charge in [0.25, 0.3) is 0 Å². The van der Waals surface area contributed by atoms with Crippen LogP contribution in [-0.2, 0) is 10.3 Å². The zero-order chi connectivity index (χ0) is 14.6. The van der Waals surface area contributed by atoms with Crippen LogP contribution in [0.5, 0.6) is 0 Å². The highest BCUT2D eigenvalue weighted by atomic mass is 127. The molecule has 0 spiro atoms. The lowest BCUT2D eigenvalue weighted by Gasteiger charge is -2.33. The summed E-state index contributed by atoms with van der Waals surface area (Å²) in [6.07, 6.45) is 7.34. The fraction of sp³-hybridized carbons (Fsp3) is 0.562. The molecule has 1 atom stereocenters. The van der Waals surface area contributed by atoms with Crippen LogP contribution in [0.4, 0.5) is 0 Å². The number of amides is 1. The van der Waals surface area contributed by atoms with Crippen LogP contribution >= 0.6 is 22.6 Å². The standard InChI is InChI=1S/C16H23IN2O/c1-16(15(18)20,12-8-10-13(17)11-9-12)19-14-6-4-2-3-5-7-14/h8-11,14,19H,2-7H2,1H3,(H2,18,20). The Morgan fingerprint density at radius 1 is 1.20 bits per heavy atom. The van der Waals surface area contributed by atoms with Crippen molar-refractivity contribution in [3.05, 3.63) is 33.4 Å². The van der Waals surface area contributed by atoms with Gasteiger partial charge in [-0.3, -0.25) is 10.1 Å². The van der Waals surface area contributed by atoms with Crippen LogP contribution in [0.25, 0.3) is 0 Å². The molecule has 110 valence electrons. The largest absolute Gasteiger partial charge is 0.368 e. The first-order valence-corrected chi connectivity index (χ1v) is 8.44. The van der Waals surface area contributed by atoms with E-state index < -0.39 is 5.54 Å². The maximum Gasteiger partial charge on any atom is 0.242 e. The van der Waals surface area contributed by atoms with E-state index in [0.29, 0.717) is 6.04 Å². The first-order valence-electron chi connectivity index (χ1n) is 7.36. The lowest BCUT2D eigenvalue weighted by Crippen LogP contribution is -2.54. The second-order valence-electron chi connectivity index (χ2n) is 5.83. The Balaban J connectivity index is 2.20. The van der Waals surface area contributed by atoms with Gasteiger partial charge in [0, 0.05) is 9.61 Å². The van der Waals surface area contributed by atoms with Crippen molar-refractivity contribution >= 4 is 28.5 Å². The molecule has 0 bridgehead atoms. The fourth-order valence-electron chi connectivity index (χ4n) is 2.91. The number of nitrogens with two attached hydrogens (primary N) is 1. The second-order valence-corrected chi connectivity index (χ2v) is 7.07. The lowest BCUT2D eigenvalue weighted by atomic mass is 9.89. The summed E-state index contributed by atoms with van der Waals surface area (Å²) in [5.41, 5.74) is 5.87. The molecule has 1 aliphatic rings. The maximum atomic E-state index is 12.0. The number of carbonyl (C=O) groups is 1. The van der Waals surface area contributed by atoms with E-state index in [1.807, 2.05) is 31.2 Å². The summed E-state index contributed by atoms with van der Waals surface area (Å²) in [7, 11) is 0. The van der Waals surface area contributed by atoms with Crippen LogP contribution in [0, 0.1) is 3.57 Å². The van der Waals surface area contributed by atoms with E-state index in [0.717, 1.165) is 22.0 Å². The highest BCUT2D eigenvalue weighted by Gasteiger charge is 2.35. The first-order chi connectivity index (χ1) is 9.52. The molecule has 1 fully saturated rings. The zero-order valence-corrected chi connectivity index (χ0v) is 14.2. The van der Waals surface area contributed by atoms with Gasteiger partial charge in [-0.05, 0) is 60.1 Å². The van der Waals surface area contributed by atoms with E-state index in [1.54, 1.807) is 0 Å². The molecule has 0 heterocycles. The predicted molar refractivity (Wildman–Crippen MR) is 90.3 cm³/mol. The van der Waals surface area contributed by atoms with E-state index in [9.17, 15) is 4.79 Å². The van der Waals surface area contributed by atoms with Crippen LogP contribution in [0.3, 0.4) is 0 Å². The molecule has 4 heteroatoms. The van der Waals surface area contributed by atoms with Crippen molar-refractivity contribution < 1.29 is 4.79 Å². The minimum Gasteiger partial charge on any atom is -0.368 e. The second kappa shape index (κ2) is 6.89. The first kappa shape index (κ1) is 15.8. The highest BCUT2D eigenvalue weighted by Crippen LogP contribution is 2.26. The average Bonchev–Trinajstić information content (AvgIpc) is 2.67. The van der Waals surface area contributed by atoms with Crippen molar-refractivity contribution in [1.29, 1.82) is 0 Å². The van der Waals surface area contributed by atoms with Gasteiger partial charge in [-0.2, -0.15) is 0 Å². The van der Waals surface area contributed by atoms with Gasteiger partial charge >= 0.3 is 0 Å². The van der Waals surface area contributed by atoms with Gasteiger partial charge in [0.05, 0.1) is 0 Å². The van der Waals surface area contributed by atoms with E-state index in [1.165, 1.54) is 25.7 Å². The molecule has 0 saturated heterocycles. The van der Waals surface area contributed by atoms with Gasteiger partial charge in [0.2, 0.25) is 5.91 Å². The molecule has 2 rings (SSSR count). The molecule has 1 unspecified atom stereocenters. The molecule has 1 aromatic carbocycles. The van der Waals surface area contributed by atoms with Crippen LogP contribution < -0.4 is 11.1 Å². The third-order valence-corrected chi connectivity index (χ3v) is 4.98. The Labute approximate surface area is 134 Å². The molecule has 0 aromatic heterocycles. The number of halogens is 1. The number of hydrogen-bond donors (Lipinski definition) is 2. The van der Waals surface area contributed by atoms with Crippen LogP contribution in [0.15, 0.2) is 24.3 Å². The molecular weight excluding hydrogens is 363 g/mol. The Bertz CT molecular complexity index is 452. The topological polar surface area (TPSA) is 55.1 Å². The number of carbonyl (C=O) groups excluding carboxylic acids is 1. The maximum absolute atomic E-state index is 12.0. The van der Waals surface area contributed by atoms with Gasteiger partial charge < -0.3 is 5.73 Å². The SMILES string of the molecule is CC(NC1CCCCCC1)(C(N)=O)c1ccc(I)cc1. The summed E-state index contributed by atoms with van der Waals surface area (Å²) in [6.45, 7) is 1.91. The number of primary amides is 1. The number of nitrogens with one attached hydrogen (secondary N) is 1. The smallest absolute Gasteiger partial charge is 0.242 e. The molecule has 3 nitrogen and oxygen atoms in total. The predicted octanol–water partition coefficient (Wildman–Crippen LogP) is 3.30. The van der Waals surface area contributed by atoms with Crippen LogP contribution in [-0.4, -0.2) is 11.9 Å². The lowest BCUT2D eigenvalue weighted by molar-refractivity contribution is -0.124.